The normalized spacial score (nSPS) is 26.6. The molecule has 0 spiro atoms. The number of nitrogens with one attached hydrogen (secondary N) is 3. The molecule has 4 nitrogen and oxygen atoms in total. The average Bonchev–Trinajstić information content (AvgIpc) is 3.18. The largest absolute Gasteiger partial charge is 0.388 e. The molecule has 3 heterocycles. The molecule has 21 heavy (non-hydrogen) atoms. The number of fused-ring (bicyclic) bond motifs is 1. The summed E-state index contributed by atoms with van der Waals surface area (Å²) in [4.78, 5) is 4.65. The van der Waals surface area contributed by atoms with Crippen LogP contribution in [0.15, 0.2) is 28.9 Å². The summed E-state index contributed by atoms with van der Waals surface area (Å²) in [6.45, 7) is 6.11. The maximum Gasteiger partial charge on any atom is 0.0879 e. The maximum absolute atomic E-state index is 4.65. The first-order valence-electron chi connectivity index (χ1n) is 7.88. The lowest BCUT2D eigenvalue weighted by Gasteiger charge is -2.16. The summed E-state index contributed by atoms with van der Waals surface area (Å²) in [6, 6.07) is 5.14. The number of nitrogens with zero attached hydrogens (tertiary/aromatic N) is 1. The lowest BCUT2D eigenvalue weighted by Crippen LogP contribution is -2.31. The molecule has 4 rings (SSSR count). The van der Waals surface area contributed by atoms with E-state index in [-0.39, 0.29) is 0 Å². The third kappa shape index (κ3) is 2.44. The van der Waals surface area contributed by atoms with Crippen molar-refractivity contribution in [3.63, 3.8) is 0 Å². The van der Waals surface area contributed by atoms with Crippen molar-refractivity contribution >= 4 is 11.8 Å². The average molecular weight is 282 g/mol. The van der Waals surface area contributed by atoms with E-state index in [1.54, 1.807) is 0 Å². The topological polar surface area (TPSA) is 48.5 Å². The Morgan fingerprint density at radius 2 is 2.24 bits per heavy atom. The fourth-order valence-electron chi connectivity index (χ4n) is 3.47. The Kier molecular flexibility index (Phi) is 3.19. The van der Waals surface area contributed by atoms with E-state index in [4.69, 9.17) is 0 Å². The summed E-state index contributed by atoms with van der Waals surface area (Å²) in [6.07, 6.45) is 5.75. The van der Waals surface area contributed by atoms with Crippen molar-refractivity contribution in [3.05, 3.63) is 40.0 Å². The summed E-state index contributed by atoms with van der Waals surface area (Å²) in [5, 5.41) is 13.0. The molecule has 2 atom stereocenters. The summed E-state index contributed by atoms with van der Waals surface area (Å²) < 4.78 is 0. The van der Waals surface area contributed by atoms with Crippen molar-refractivity contribution < 1.29 is 0 Å². The number of anilines is 1. The van der Waals surface area contributed by atoms with Gasteiger partial charge in [-0.3, -0.25) is 4.99 Å². The SMILES string of the molecule is CC1=CC(c2cc(NC3CCNC3)c3c(c2)=CCN=3)CN1. The van der Waals surface area contributed by atoms with E-state index in [0.29, 0.717) is 12.0 Å². The van der Waals surface area contributed by atoms with Crippen molar-refractivity contribution in [1.82, 2.24) is 10.6 Å². The lowest BCUT2D eigenvalue weighted by molar-refractivity contribution is 0.783. The molecule has 0 aliphatic carbocycles. The Hall–Kier alpha value is -1.81. The van der Waals surface area contributed by atoms with Crippen LogP contribution in [0.5, 0.6) is 0 Å². The number of benzene rings is 1. The molecular weight excluding hydrogens is 260 g/mol. The van der Waals surface area contributed by atoms with Gasteiger partial charge in [0.1, 0.15) is 0 Å². The van der Waals surface area contributed by atoms with Crippen molar-refractivity contribution in [2.24, 2.45) is 4.99 Å². The number of hydrogen-bond acceptors (Lipinski definition) is 4. The highest BCUT2D eigenvalue weighted by molar-refractivity contribution is 5.52. The smallest absolute Gasteiger partial charge is 0.0879 e. The number of rotatable bonds is 3. The second-order valence-corrected chi connectivity index (χ2v) is 6.22. The fourth-order valence-corrected chi connectivity index (χ4v) is 3.47. The van der Waals surface area contributed by atoms with Gasteiger partial charge < -0.3 is 16.0 Å². The van der Waals surface area contributed by atoms with E-state index >= 15 is 0 Å². The summed E-state index contributed by atoms with van der Waals surface area (Å²) in [5.41, 5.74) is 3.88. The Balaban J connectivity index is 1.72. The Morgan fingerprint density at radius 3 is 3.00 bits per heavy atom. The molecule has 2 unspecified atom stereocenters. The van der Waals surface area contributed by atoms with Crippen LogP contribution < -0.4 is 26.5 Å². The van der Waals surface area contributed by atoms with Gasteiger partial charge in [-0.1, -0.05) is 12.2 Å². The van der Waals surface area contributed by atoms with Crippen molar-refractivity contribution in [3.8, 4) is 0 Å². The zero-order valence-corrected chi connectivity index (χ0v) is 12.4. The molecule has 1 aromatic carbocycles. The van der Waals surface area contributed by atoms with Crippen LogP contribution in [0.4, 0.5) is 5.69 Å². The van der Waals surface area contributed by atoms with Crippen LogP contribution in [0.1, 0.15) is 24.8 Å². The van der Waals surface area contributed by atoms with Gasteiger partial charge in [0.25, 0.3) is 0 Å². The van der Waals surface area contributed by atoms with Gasteiger partial charge in [0.15, 0.2) is 0 Å². The molecule has 3 aliphatic rings. The summed E-state index contributed by atoms with van der Waals surface area (Å²) in [5.74, 6) is 0.478. The van der Waals surface area contributed by atoms with Gasteiger partial charge >= 0.3 is 0 Å². The zero-order chi connectivity index (χ0) is 14.2. The van der Waals surface area contributed by atoms with Crippen LogP contribution >= 0.6 is 0 Å². The van der Waals surface area contributed by atoms with Gasteiger partial charge in [0.05, 0.1) is 17.6 Å². The van der Waals surface area contributed by atoms with Gasteiger partial charge in [-0.15, -0.1) is 0 Å². The van der Waals surface area contributed by atoms with Crippen LogP contribution in [-0.4, -0.2) is 32.2 Å². The van der Waals surface area contributed by atoms with Gasteiger partial charge in [0, 0.05) is 30.7 Å². The van der Waals surface area contributed by atoms with Gasteiger partial charge in [0.2, 0.25) is 0 Å². The van der Waals surface area contributed by atoms with E-state index in [2.05, 4.69) is 52.2 Å². The number of hydrogen-bond donors (Lipinski definition) is 3. The van der Waals surface area contributed by atoms with Gasteiger partial charge in [-0.05, 0) is 42.8 Å². The van der Waals surface area contributed by atoms with E-state index in [9.17, 15) is 0 Å². The van der Waals surface area contributed by atoms with Gasteiger partial charge in [-0.25, -0.2) is 0 Å². The fraction of sp³-hybridized carbons (Fsp3) is 0.471. The standard InChI is InChI=1S/C17H22N4/c1-11-6-14(9-20-11)13-7-12-2-5-19-17(12)16(8-13)21-15-3-4-18-10-15/h2,6-8,14-15,18,20-21H,3-5,9-10H2,1H3. The highest BCUT2D eigenvalue weighted by Crippen LogP contribution is 2.23. The Morgan fingerprint density at radius 1 is 1.29 bits per heavy atom. The van der Waals surface area contributed by atoms with Gasteiger partial charge in [-0.2, -0.15) is 0 Å². The summed E-state index contributed by atoms with van der Waals surface area (Å²) in [7, 11) is 0. The monoisotopic (exact) mass is 282 g/mol. The van der Waals surface area contributed by atoms with E-state index < -0.39 is 0 Å². The van der Waals surface area contributed by atoms with Crippen LogP contribution in [0.2, 0.25) is 0 Å². The molecule has 110 valence electrons. The van der Waals surface area contributed by atoms with Crippen molar-refractivity contribution in [2.45, 2.75) is 25.3 Å². The van der Waals surface area contributed by atoms with Crippen LogP contribution in [0, 0.1) is 0 Å². The van der Waals surface area contributed by atoms with E-state index in [1.165, 1.54) is 28.6 Å². The Bertz CT molecular complexity index is 698. The quantitative estimate of drug-likeness (QED) is 0.755. The third-order valence-electron chi connectivity index (χ3n) is 4.62. The van der Waals surface area contributed by atoms with Crippen LogP contribution in [-0.2, 0) is 0 Å². The minimum atomic E-state index is 0.478. The highest BCUT2D eigenvalue weighted by Gasteiger charge is 2.19. The molecule has 0 radical (unpaired) electrons. The van der Waals surface area contributed by atoms with E-state index in [1.807, 2.05) is 0 Å². The van der Waals surface area contributed by atoms with Crippen molar-refractivity contribution in [2.75, 3.05) is 31.5 Å². The second kappa shape index (κ2) is 5.19. The summed E-state index contributed by atoms with van der Waals surface area (Å²) >= 11 is 0. The van der Waals surface area contributed by atoms with Crippen molar-refractivity contribution in [1.29, 1.82) is 0 Å². The lowest BCUT2D eigenvalue weighted by atomic mass is 9.98. The van der Waals surface area contributed by atoms with E-state index in [0.717, 1.165) is 31.5 Å². The molecule has 1 fully saturated rings. The minimum Gasteiger partial charge on any atom is -0.388 e. The molecule has 0 bridgehead atoms. The molecule has 4 heteroatoms. The molecule has 0 amide bonds. The van der Waals surface area contributed by atoms with Crippen LogP contribution in [0.25, 0.3) is 6.08 Å². The maximum atomic E-state index is 4.65. The first kappa shape index (κ1) is 12.9. The predicted octanol–water partition coefficient (Wildman–Crippen LogP) is 0.465. The molecule has 1 saturated heterocycles. The van der Waals surface area contributed by atoms with Crippen LogP contribution in [0.3, 0.4) is 0 Å². The minimum absolute atomic E-state index is 0.478. The molecular formula is C17H22N4. The predicted molar refractivity (Wildman–Crippen MR) is 86.0 cm³/mol. The second-order valence-electron chi connectivity index (χ2n) is 6.22. The third-order valence-corrected chi connectivity index (χ3v) is 4.62. The molecule has 1 aromatic rings. The number of allylic oxidation sites excluding steroid dienone is 1. The molecule has 3 aliphatic heterocycles. The highest BCUT2D eigenvalue weighted by atomic mass is 15.0. The molecule has 0 saturated carbocycles. The first-order valence-corrected chi connectivity index (χ1v) is 7.88. The molecule has 0 aromatic heterocycles. The molecule has 3 N–H and O–H groups in total. The zero-order valence-electron chi connectivity index (χ0n) is 12.4. The Labute approximate surface area is 125 Å². The first-order chi connectivity index (χ1) is 10.3.